The zero-order chi connectivity index (χ0) is 18.0. The molecule has 1 saturated heterocycles. The molecule has 0 spiro atoms. The summed E-state index contributed by atoms with van der Waals surface area (Å²) in [5.74, 6) is -2.80. The first-order valence-corrected chi connectivity index (χ1v) is 8.84. The van der Waals surface area contributed by atoms with Gasteiger partial charge in [0, 0.05) is 31.0 Å². The van der Waals surface area contributed by atoms with Crippen molar-refractivity contribution in [2.45, 2.75) is 4.90 Å². The predicted molar refractivity (Wildman–Crippen MR) is 84.7 cm³/mol. The van der Waals surface area contributed by atoms with Gasteiger partial charge < -0.3 is 15.0 Å². The highest BCUT2D eigenvalue weighted by Gasteiger charge is 2.28. The number of amides is 1. The maximum atomic E-state index is 13.2. The minimum Gasteiger partial charge on any atom is -0.379 e. The molecule has 0 atom stereocenters. The van der Waals surface area contributed by atoms with Crippen LogP contribution in [0.1, 0.15) is 10.5 Å². The number of aromatic amines is 1. The van der Waals surface area contributed by atoms with Gasteiger partial charge in [0.15, 0.2) is 11.6 Å². The maximum Gasteiger partial charge on any atom is 0.272 e. The van der Waals surface area contributed by atoms with E-state index in [4.69, 9.17) is 4.74 Å². The van der Waals surface area contributed by atoms with Crippen molar-refractivity contribution in [3.8, 4) is 0 Å². The monoisotopic (exact) mass is 371 g/mol. The first-order valence-electron chi connectivity index (χ1n) is 7.40. The molecular weight excluding hydrogens is 356 g/mol. The summed E-state index contributed by atoms with van der Waals surface area (Å²) in [6, 6.07) is 4.11. The van der Waals surface area contributed by atoms with Crippen molar-refractivity contribution in [3.05, 3.63) is 47.8 Å². The quantitative estimate of drug-likeness (QED) is 0.853. The van der Waals surface area contributed by atoms with Gasteiger partial charge in [0.1, 0.15) is 10.6 Å². The number of morpholine rings is 1. The lowest BCUT2D eigenvalue weighted by molar-refractivity contribution is 0.0730. The number of benzene rings is 1. The van der Waals surface area contributed by atoms with Crippen molar-refractivity contribution in [2.24, 2.45) is 0 Å². The van der Waals surface area contributed by atoms with Gasteiger partial charge in [0.05, 0.1) is 13.2 Å². The van der Waals surface area contributed by atoms with Gasteiger partial charge in [-0.2, -0.15) is 4.31 Å². The number of nitrogens with zero attached hydrogens (tertiary/aromatic N) is 1. The van der Waals surface area contributed by atoms with E-state index < -0.39 is 27.6 Å². The minimum atomic E-state index is -3.73. The third-order valence-corrected chi connectivity index (χ3v) is 5.56. The Morgan fingerprint density at radius 1 is 1.16 bits per heavy atom. The van der Waals surface area contributed by atoms with Crippen LogP contribution in [0.15, 0.2) is 35.4 Å². The second-order valence-corrected chi connectivity index (χ2v) is 7.29. The lowest BCUT2D eigenvalue weighted by Crippen LogP contribution is -2.40. The fourth-order valence-electron chi connectivity index (χ4n) is 2.36. The fourth-order valence-corrected chi connectivity index (χ4v) is 3.77. The summed E-state index contributed by atoms with van der Waals surface area (Å²) >= 11 is 0. The number of hydrogen-bond acceptors (Lipinski definition) is 4. The number of hydrogen-bond donors (Lipinski definition) is 2. The highest BCUT2D eigenvalue weighted by molar-refractivity contribution is 7.89. The Kier molecular flexibility index (Phi) is 4.84. The molecule has 25 heavy (non-hydrogen) atoms. The highest BCUT2D eigenvalue weighted by atomic mass is 32.2. The van der Waals surface area contributed by atoms with Crippen molar-refractivity contribution >= 4 is 21.6 Å². The molecule has 7 nitrogen and oxygen atoms in total. The lowest BCUT2D eigenvalue weighted by Gasteiger charge is -2.25. The molecule has 10 heteroatoms. The predicted octanol–water partition coefficient (Wildman–Crippen LogP) is 1.57. The summed E-state index contributed by atoms with van der Waals surface area (Å²) in [5, 5.41) is 2.37. The van der Waals surface area contributed by atoms with Gasteiger partial charge in [-0.1, -0.05) is 0 Å². The number of H-pyrrole nitrogens is 1. The molecule has 2 heterocycles. The summed E-state index contributed by atoms with van der Waals surface area (Å²) < 4.78 is 57.4. The van der Waals surface area contributed by atoms with E-state index in [1.165, 1.54) is 22.6 Å². The van der Waals surface area contributed by atoms with Crippen molar-refractivity contribution in [3.63, 3.8) is 0 Å². The number of halogens is 2. The lowest BCUT2D eigenvalue weighted by atomic mass is 10.3. The molecule has 3 rings (SSSR count). The summed E-state index contributed by atoms with van der Waals surface area (Å²) in [7, 11) is -3.73. The Morgan fingerprint density at radius 2 is 1.88 bits per heavy atom. The molecule has 1 aromatic carbocycles. The third kappa shape index (κ3) is 3.70. The van der Waals surface area contributed by atoms with E-state index in [9.17, 15) is 22.0 Å². The Labute approximate surface area is 142 Å². The molecule has 0 unspecified atom stereocenters. The van der Waals surface area contributed by atoms with Crippen molar-refractivity contribution < 1.29 is 26.7 Å². The molecule has 0 bridgehead atoms. The third-order valence-electron chi connectivity index (χ3n) is 3.69. The van der Waals surface area contributed by atoms with Gasteiger partial charge in [-0.25, -0.2) is 17.2 Å². The minimum absolute atomic E-state index is 0.0171. The zero-order valence-corrected chi connectivity index (χ0v) is 13.8. The summed E-state index contributed by atoms with van der Waals surface area (Å²) in [5.41, 5.74) is 0.0349. The number of rotatable bonds is 4. The topological polar surface area (TPSA) is 91.5 Å². The molecule has 2 N–H and O–H groups in total. The average molecular weight is 371 g/mol. The molecule has 1 aromatic heterocycles. The van der Waals surface area contributed by atoms with Crippen LogP contribution in [0.3, 0.4) is 0 Å². The first-order chi connectivity index (χ1) is 11.9. The smallest absolute Gasteiger partial charge is 0.272 e. The SMILES string of the molecule is O=C(Nc1ccc(F)c(F)c1)c1cc(S(=O)(=O)N2CCOCC2)c[nH]1. The molecule has 1 amide bonds. The number of ether oxygens (including phenoxy) is 1. The van der Waals surface area contributed by atoms with Crippen molar-refractivity contribution in [1.29, 1.82) is 0 Å². The average Bonchev–Trinajstić information content (AvgIpc) is 3.10. The van der Waals surface area contributed by atoms with Crippen LogP contribution in [-0.4, -0.2) is 49.9 Å². The fraction of sp³-hybridized carbons (Fsp3) is 0.267. The van der Waals surface area contributed by atoms with Crippen LogP contribution in [0.4, 0.5) is 14.5 Å². The van der Waals surface area contributed by atoms with Gasteiger partial charge >= 0.3 is 0 Å². The van der Waals surface area contributed by atoms with Crippen LogP contribution >= 0.6 is 0 Å². The molecule has 0 aliphatic carbocycles. The molecule has 0 saturated carbocycles. The molecule has 1 aliphatic rings. The van der Waals surface area contributed by atoms with Crippen LogP contribution in [0.25, 0.3) is 0 Å². The van der Waals surface area contributed by atoms with Gasteiger partial charge in [-0.3, -0.25) is 4.79 Å². The summed E-state index contributed by atoms with van der Waals surface area (Å²) in [6.07, 6.45) is 1.21. The summed E-state index contributed by atoms with van der Waals surface area (Å²) in [4.78, 5) is 14.7. The molecule has 1 aliphatic heterocycles. The second-order valence-electron chi connectivity index (χ2n) is 5.35. The molecular formula is C15H15F2N3O4S. The molecule has 0 radical (unpaired) electrons. The van der Waals surface area contributed by atoms with Gasteiger partial charge in [-0.15, -0.1) is 0 Å². The number of aromatic nitrogens is 1. The van der Waals surface area contributed by atoms with E-state index in [1.54, 1.807) is 0 Å². The van der Waals surface area contributed by atoms with Crippen LogP contribution in [0.5, 0.6) is 0 Å². The van der Waals surface area contributed by atoms with E-state index >= 15 is 0 Å². The normalized spacial score (nSPS) is 15.9. The standard InChI is InChI=1S/C15H15F2N3O4S/c16-12-2-1-10(7-13(12)17)19-15(21)14-8-11(9-18-14)25(22,23)20-3-5-24-6-4-20/h1-2,7-9,18H,3-6H2,(H,19,21). The van der Waals surface area contributed by atoms with Crippen LogP contribution in [-0.2, 0) is 14.8 Å². The Hall–Kier alpha value is -2.30. The van der Waals surface area contributed by atoms with Gasteiger partial charge in [0.25, 0.3) is 5.91 Å². The highest BCUT2D eigenvalue weighted by Crippen LogP contribution is 2.19. The number of carbonyl (C=O) groups is 1. The van der Waals surface area contributed by atoms with E-state index in [1.807, 2.05) is 0 Å². The summed E-state index contributed by atoms with van der Waals surface area (Å²) in [6.45, 7) is 1.11. The largest absolute Gasteiger partial charge is 0.379 e. The van der Waals surface area contributed by atoms with Crippen molar-refractivity contribution in [2.75, 3.05) is 31.6 Å². The molecule has 134 valence electrons. The van der Waals surface area contributed by atoms with Crippen LogP contribution < -0.4 is 5.32 Å². The number of anilines is 1. The van der Waals surface area contributed by atoms with Gasteiger partial charge in [0.2, 0.25) is 10.0 Å². The Morgan fingerprint density at radius 3 is 2.56 bits per heavy atom. The van der Waals surface area contributed by atoms with E-state index in [0.29, 0.717) is 13.2 Å². The van der Waals surface area contributed by atoms with Gasteiger partial charge in [-0.05, 0) is 18.2 Å². The van der Waals surface area contributed by atoms with Crippen molar-refractivity contribution in [1.82, 2.24) is 9.29 Å². The molecule has 1 fully saturated rings. The maximum absolute atomic E-state index is 13.2. The second kappa shape index (κ2) is 6.90. The Bertz CT molecular complexity index is 892. The Balaban J connectivity index is 1.76. The number of nitrogens with one attached hydrogen (secondary N) is 2. The van der Waals surface area contributed by atoms with E-state index in [0.717, 1.165) is 12.1 Å². The van der Waals surface area contributed by atoms with E-state index in [-0.39, 0.29) is 29.4 Å². The zero-order valence-electron chi connectivity index (χ0n) is 13.0. The van der Waals surface area contributed by atoms with E-state index in [2.05, 4.69) is 10.3 Å². The number of carbonyl (C=O) groups excluding carboxylic acids is 1. The van der Waals surface area contributed by atoms with Crippen LogP contribution in [0.2, 0.25) is 0 Å². The number of sulfonamides is 1. The first kappa shape index (κ1) is 17.5. The molecule has 2 aromatic rings. The van der Waals surface area contributed by atoms with Crippen LogP contribution in [0, 0.1) is 11.6 Å².